The van der Waals surface area contributed by atoms with Crippen molar-refractivity contribution < 1.29 is 4.79 Å². The Morgan fingerprint density at radius 3 is 2.56 bits per heavy atom. The minimum atomic E-state index is -0.0717. The van der Waals surface area contributed by atoms with E-state index in [0.29, 0.717) is 6.54 Å². The van der Waals surface area contributed by atoms with Crippen molar-refractivity contribution in [3.8, 4) is 0 Å². The smallest absolute Gasteiger partial charge is 0.229 e. The molecule has 1 aliphatic heterocycles. The van der Waals surface area contributed by atoms with Crippen molar-refractivity contribution in [3.05, 3.63) is 47.8 Å². The van der Waals surface area contributed by atoms with Gasteiger partial charge in [-0.05, 0) is 43.8 Å². The molecular formula is C19H29Cl2N5O. The maximum Gasteiger partial charge on any atom is 0.229 e. The molecule has 0 saturated carbocycles. The Morgan fingerprint density at radius 2 is 1.96 bits per heavy atom. The maximum atomic E-state index is 12.7. The monoisotopic (exact) mass is 413 g/mol. The summed E-state index contributed by atoms with van der Waals surface area (Å²) in [6.07, 6.45) is 4.87. The van der Waals surface area contributed by atoms with Crippen molar-refractivity contribution in [2.24, 2.45) is 13.0 Å². The van der Waals surface area contributed by atoms with Crippen LogP contribution >= 0.6 is 24.8 Å². The summed E-state index contributed by atoms with van der Waals surface area (Å²) < 4.78 is 1.79. The van der Waals surface area contributed by atoms with Crippen LogP contribution < -0.4 is 10.6 Å². The number of halogens is 2. The molecule has 2 heterocycles. The minimum Gasteiger partial charge on any atom is -0.326 e. The van der Waals surface area contributed by atoms with Crippen molar-refractivity contribution in [1.29, 1.82) is 0 Å². The molecule has 0 bridgehead atoms. The molecule has 0 radical (unpaired) electrons. The van der Waals surface area contributed by atoms with Gasteiger partial charge in [0, 0.05) is 44.5 Å². The van der Waals surface area contributed by atoms with E-state index in [1.54, 1.807) is 4.68 Å². The molecule has 2 atom stereocenters. The van der Waals surface area contributed by atoms with Crippen LogP contribution in [-0.4, -0.2) is 54.3 Å². The third-order valence-electron chi connectivity index (χ3n) is 4.77. The normalized spacial score (nSPS) is 18.7. The van der Waals surface area contributed by atoms with Gasteiger partial charge in [-0.15, -0.1) is 24.8 Å². The van der Waals surface area contributed by atoms with Crippen molar-refractivity contribution in [3.63, 3.8) is 0 Å². The van der Waals surface area contributed by atoms with E-state index in [9.17, 15) is 4.79 Å². The average Bonchev–Trinajstić information content (AvgIpc) is 3.22. The first kappa shape index (κ1) is 23.4. The number of rotatable bonds is 6. The molecule has 150 valence electrons. The molecule has 1 fully saturated rings. The van der Waals surface area contributed by atoms with Gasteiger partial charge in [-0.3, -0.25) is 9.48 Å². The number of hydrogen-bond donors (Lipinski definition) is 2. The van der Waals surface area contributed by atoms with Gasteiger partial charge in [0.2, 0.25) is 5.91 Å². The summed E-state index contributed by atoms with van der Waals surface area (Å²) in [5.74, 6) is 0.172. The summed E-state index contributed by atoms with van der Waals surface area (Å²) in [6.45, 7) is 2.53. The van der Waals surface area contributed by atoms with Gasteiger partial charge in [0.25, 0.3) is 0 Å². The Morgan fingerprint density at radius 1 is 1.26 bits per heavy atom. The van der Waals surface area contributed by atoms with Crippen LogP contribution in [0, 0.1) is 5.92 Å². The van der Waals surface area contributed by atoms with Crippen molar-refractivity contribution in [1.82, 2.24) is 20.0 Å². The predicted molar refractivity (Wildman–Crippen MR) is 114 cm³/mol. The maximum absolute atomic E-state index is 12.7. The molecule has 0 spiro atoms. The van der Waals surface area contributed by atoms with E-state index >= 15 is 0 Å². The molecule has 1 aliphatic rings. The summed E-state index contributed by atoms with van der Waals surface area (Å²) >= 11 is 0. The number of benzene rings is 1. The molecule has 2 N–H and O–H groups in total. The number of nitrogens with zero attached hydrogens (tertiary/aromatic N) is 3. The van der Waals surface area contributed by atoms with Gasteiger partial charge >= 0.3 is 0 Å². The van der Waals surface area contributed by atoms with Crippen LogP contribution in [0.5, 0.6) is 0 Å². The average molecular weight is 414 g/mol. The van der Waals surface area contributed by atoms with Gasteiger partial charge in [-0.1, -0.05) is 12.1 Å². The number of likely N-dealkylation sites (N-methyl/N-ethyl adjacent to an activating group) is 1. The molecule has 27 heavy (non-hydrogen) atoms. The molecule has 8 heteroatoms. The van der Waals surface area contributed by atoms with E-state index in [-0.39, 0.29) is 42.6 Å². The number of aromatic nitrogens is 2. The second kappa shape index (κ2) is 10.7. The largest absolute Gasteiger partial charge is 0.326 e. The highest BCUT2D eigenvalue weighted by Gasteiger charge is 2.34. The zero-order chi connectivity index (χ0) is 17.8. The van der Waals surface area contributed by atoms with Crippen LogP contribution in [0.25, 0.3) is 0 Å². The Kier molecular flexibility index (Phi) is 9.26. The van der Waals surface area contributed by atoms with E-state index < -0.39 is 0 Å². The predicted octanol–water partition coefficient (Wildman–Crippen LogP) is 2.31. The Bertz CT molecular complexity index is 717. The number of nitrogens with one attached hydrogen (secondary N) is 2. The highest BCUT2D eigenvalue weighted by Crippen LogP contribution is 2.28. The zero-order valence-electron chi connectivity index (χ0n) is 16.0. The first-order valence-electron chi connectivity index (χ1n) is 8.76. The van der Waals surface area contributed by atoms with Crippen LogP contribution in [0.15, 0.2) is 36.7 Å². The molecule has 2 aromatic rings. The Balaban J connectivity index is 0.00000182. The number of anilines is 1. The van der Waals surface area contributed by atoms with E-state index in [4.69, 9.17) is 0 Å². The summed E-state index contributed by atoms with van der Waals surface area (Å²) in [7, 11) is 6.05. The SMILES string of the molecule is CN(C)CCc1ccc(NC(=O)[C@H]2CNC[C@@H]2c2cnn(C)c2)cc1.Cl.Cl. The summed E-state index contributed by atoms with van der Waals surface area (Å²) in [6, 6.07) is 8.16. The Labute approximate surface area is 173 Å². The molecule has 1 saturated heterocycles. The third-order valence-corrected chi connectivity index (χ3v) is 4.77. The topological polar surface area (TPSA) is 62.2 Å². The van der Waals surface area contributed by atoms with Gasteiger partial charge in [0.15, 0.2) is 0 Å². The lowest BCUT2D eigenvalue weighted by Crippen LogP contribution is -2.28. The molecule has 1 amide bonds. The second-order valence-corrected chi connectivity index (χ2v) is 7.06. The second-order valence-electron chi connectivity index (χ2n) is 7.06. The third kappa shape index (κ3) is 6.21. The fourth-order valence-electron chi connectivity index (χ4n) is 3.28. The highest BCUT2D eigenvalue weighted by molar-refractivity contribution is 5.93. The molecular weight excluding hydrogens is 385 g/mol. The molecule has 3 rings (SSSR count). The number of carbonyl (C=O) groups excluding carboxylic acids is 1. The van der Waals surface area contributed by atoms with Gasteiger partial charge in [0.1, 0.15) is 0 Å². The molecule has 6 nitrogen and oxygen atoms in total. The van der Waals surface area contributed by atoms with E-state index in [1.807, 2.05) is 31.6 Å². The van der Waals surface area contributed by atoms with Crippen LogP contribution in [0.2, 0.25) is 0 Å². The van der Waals surface area contributed by atoms with E-state index in [0.717, 1.165) is 30.8 Å². The summed E-state index contributed by atoms with van der Waals surface area (Å²) in [5.41, 5.74) is 3.25. The van der Waals surface area contributed by atoms with Crippen LogP contribution in [0.4, 0.5) is 5.69 Å². The van der Waals surface area contributed by atoms with Gasteiger partial charge < -0.3 is 15.5 Å². The lowest BCUT2D eigenvalue weighted by molar-refractivity contribution is -0.119. The molecule has 0 aliphatic carbocycles. The van der Waals surface area contributed by atoms with Crippen molar-refractivity contribution in [2.45, 2.75) is 12.3 Å². The summed E-state index contributed by atoms with van der Waals surface area (Å²) in [4.78, 5) is 14.9. The summed E-state index contributed by atoms with van der Waals surface area (Å²) in [5, 5.41) is 10.6. The van der Waals surface area contributed by atoms with E-state index in [1.165, 1.54) is 5.56 Å². The van der Waals surface area contributed by atoms with E-state index in [2.05, 4.69) is 46.9 Å². The number of amides is 1. The lowest BCUT2D eigenvalue weighted by Gasteiger charge is -2.17. The first-order valence-corrected chi connectivity index (χ1v) is 8.76. The number of aryl methyl sites for hydroxylation is 1. The van der Waals surface area contributed by atoms with Crippen molar-refractivity contribution in [2.75, 3.05) is 39.0 Å². The standard InChI is InChI=1S/C19H27N5O.2ClH/c1-23(2)9-8-14-4-6-16(7-5-14)22-19(25)18-12-20-11-17(18)15-10-21-24(3)13-15;;/h4-7,10,13,17-18,20H,8-9,11-12H2,1-3H3,(H,22,25);2*1H/t17-,18+;;/m1../s1. The quantitative estimate of drug-likeness (QED) is 0.762. The van der Waals surface area contributed by atoms with Crippen LogP contribution in [-0.2, 0) is 18.3 Å². The minimum absolute atomic E-state index is 0. The van der Waals surface area contributed by atoms with Crippen molar-refractivity contribution >= 4 is 36.4 Å². The zero-order valence-corrected chi connectivity index (χ0v) is 17.6. The molecule has 0 unspecified atom stereocenters. The number of hydrogen-bond acceptors (Lipinski definition) is 4. The molecule has 1 aromatic heterocycles. The van der Waals surface area contributed by atoms with Crippen LogP contribution in [0.1, 0.15) is 17.0 Å². The Hall–Kier alpha value is -1.60. The fourth-order valence-corrected chi connectivity index (χ4v) is 3.28. The lowest BCUT2D eigenvalue weighted by atomic mass is 9.90. The first-order chi connectivity index (χ1) is 12.0. The van der Waals surface area contributed by atoms with Crippen LogP contribution in [0.3, 0.4) is 0 Å². The molecule has 1 aromatic carbocycles. The van der Waals surface area contributed by atoms with Gasteiger partial charge in [-0.25, -0.2) is 0 Å². The highest BCUT2D eigenvalue weighted by atomic mass is 35.5. The van der Waals surface area contributed by atoms with Gasteiger partial charge in [0.05, 0.1) is 12.1 Å². The fraction of sp³-hybridized carbons (Fsp3) is 0.474. The van der Waals surface area contributed by atoms with Gasteiger partial charge in [-0.2, -0.15) is 5.10 Å². The number of carbonyl (C=O) groups is 1.